The van der Waals surface area contributed by atoms with Crippen molar-refractivity contribution in [3.8, 4) is 11.5 Å². The van der Waals surface area contributed by atoms with Crippen LogP contribution in [0.5, 0.6) is 11.5 Å². The van der Waals surface area contributed by atoms with Crippen molar-refractivity contribution in [2.45, 2.75) is 32.4 Å². The molecule has 4 heteroatoms. The number of nitrogens with zero attached hydrogens (tertiary/aromatic N) is 1. The molecule has 0 saturated carbocycles. The highest BCUT2D eigenvalue weighted by atomic mass is 16.5. The molecule has 1 aliphatic rings. The van der Waals surface area contributed by atoms with Crippen LogP contribution in [0, 0.1) is 5.92 Å². The Morgan fingerprint density at radius 2 is 2.21 bits per heavy atom. The van der Waals surface area contributed by atoms with Crippen molar-refractivity contribution in [2.24, 2.45) is 11.7 Å². The molecule has 1 aromatic rings. The number of nitrogens with two attached hydrogens (primary N) is 1. The molecule has 1 saturated heterocycles. The Labute approximate surface area is 115 Å². The number of ether oxygens (including phenoxy) is 1. The van der Waals surface area contributed by atoms with E-state index >= 15 is 0 Å². The van der Waals surface area contributed by atoms with E-state index in [-0.39, 0.29) is 6.04 Å². The number of benzene rings is 1. The number of aromatic hydroxyl groups is 1. The van der Waals surface area contributed by atoms with E-state index in [4.69, 9.17) is 10.5 Å². The van der Waals surface area contributed by atoms with Crippen LogP contribution in [0.1, 0.15) is 31.9 Å². The summed E-state index contributed by atoms with van der Waals surface area (Å²) in [6, 6.07) is 5.86. The van der Waals surface area contributed by atoms with E-state index in [2.05, 4.69) is 18.7 Å². The quantitative estimate of drug-likeness (QED) is 0.878. The summed E-state index contributed by atoms with van der Waals surface area (Å²) in [5.41, 5.74) is 6.98. The third kappa shape index (κ3) is 3.01. The second-order valence-corrected chi connectivity index (χ2v) is 5.53. The van der Waals surface area contributed by atoms with Gasteiger partial charge in [0, 0.05) is 30.7 Å². The fourth-order valence-electron chi connectivity index (χ4n) is 2.74. The highest BCUT2D eigenvalue weighted by Gasteiger charge is 2.27. The molecule has 3 unspecified atom stereocenters. The van der Waals surface area contributed by atoms with Crippen LogP contribution in [-0.4, -0.2) is 36.2 Å². The first-order valence-corrected chi connectivity index (χ1v) is 6.89. The largest absolute Gasteiger partial charge is 0.508 e. The van der Waals surface area contributed by atoms with Crippen molar-refractivity contribution in [3.05, 3.63) is 23.8 Å². The predicted molar refractivity (Wildman–Crippen MR) is 76.4 cm³/mol. The van der Waals surface area contributed by atoms with Crippen molar-refractivity contribution < 1.29 is 9.84 Å². The summed E-state index contributed by atoms with van der Waals surface area (Å²) in [6.07, 6.45) is 1.01. The van der Waals surface area contributed by atoms with Crippen molar-refractivity contribution in [1.82, 2.24) is 4.90 Å². The maximum atomic E-state index is 10.0. The third-order valence-electron chi connectivity index (χ3n) is 4.24. The average Bonchev–Trinajstić information content (AvgIpc) is 2.41. The van der Waals surface area contributed by atoms with E-state index in [1.807, 2.05) is 6.07 Å². The fourth-order valence-corrected chi connectivity index (χ4v) is 2.74. The molecule has 1 fully saturated rings. The van der Waals surface area contributed by atoms with Crippen LogP contribution in [0.3, 0.4) is 0 Å². The molecule has 106 valence electrons. The molecule has 0 spiro atoms. The Hall–Kier alpha value is -1.26. The van der Waals surface area contributed by atoms with Crippen molar-refractivity contribution >= 4 is 0 Å². The molecule has 1 heterocycles. The second-order valence-electron chi connectivity index (χ2n) is 5.53. The van der Waals surface area contributed by atoms with E-state index in [1.165, 1.54) is 0 Å². The van der Waals surface area contributed by atoms with Crippen LogP contribution in [0.25, 0.3) is 0 Å². The molecule has 0 radical (unpaired) electrons. The summed E-state index contributed by atoms with van der Waals surface area (Å²) in [5, 5.41) is 10.0. The summed E-state index contributed by atoms with van der Waals surface area (Å²) in [4.78, 5) is 2.38. The van der Waals surface area contributed by atoms with Crippen molar-refractivity contribution in [2.75, 3.05) is 20.2 Å². The number of methoxy groups -OCH3 is 1. The number of hydrogen-bond acceptors (Lipinski definition) is 4. The average molecular weight is 264 g/mol. The predicted octanol–water partition coefficient (Wildman–Crippen LogP) is 2.13. The van der Waals surface area contributed by atoms with Crippen LogP contribution in [0.2, 0.25) is 0 Å². The minimum Gasteiger partial charge on any atom is -0.508 e. The van der Waals surface area contributed by atoms with Gasteiger partial charge in [0.05, 0.1) is 7.11 Å². The normalized spacial score (nSPS) is 26.1. The summed E-state index contributed by atoms with van der Waals surface area (Å²) < 4.78 is 5.24. The molecular weight excluding hydrogens is 240 g/mol. The number of hydrogen-bond donors (Lipinski definition) is 2. The molecule has 19 heavy (non-hydrogen) atoms. The van der Waals surface area contributed by atoms with Crippen LogP contribution < -0.4 is 10.5 Å². The maximum Gasteiger partial charge on any atom is 0.120 e. The number of rotatable bonds is 3. The van der Waals surface area contributed by atoms with Crippen molar-refractivity contribution in [1.29, 1.82) is 0 Å². The molecule has 0 amide bonds. The highest BCUT2D eigenvalue weighted by molar-refractivity contribution is 5.41. The Morgan fingerprint density at radius 3 is 2.84 bits per heavy atom. The van der Waals surface area contributed by atoms with E-state index in [9.17, 15) is 5.11 Å². The summed E-state index contributed by atoms with van der Waals surface area (Å²) in [7, 11) is 1.64. The zero-order valence-electron chi connectivity index (χ0n) is 12.0. The zero-order valence-corrected chi connectivity index (χ0v) is 12.0. The van der Waals surface area contributed by atoms with E-state index < -0.39 is 0 Å². The molecule has 1 aromatic carbocycles. The first-order valence-electron chi connectivity index (χ1n) is 6.89. The Kier molecular flexibility index (Phi) is 4.32. The van der Waals surface area contributed by atoms with Gasteiger partial charge >= 0.3 is 0 Å². The van der Waals surface area contributed by atoms with E-state index in [1.54, 1.807) is 19.2 Å². The Balaban J connectivity index is 2.17. The van der Waals surface area contributed by atoms with E-state index in [0.717, 1.165) is 30.8 Å². The summed E-state index contributed by atoms with van der Waals surface area (Å²) >= 11 is 0. The Bertz CT molecular complexity index is 436. The fraction of sp³-hybridized carbons (Fsp3) is 0.600. The molecule has 0 aliphatic carbocycles. The molecule has 2 rings (SSSR count). The SMILES string of the molecule is COc1ccc(O)c(C(C)N2CCC(N)C(C)C2)c1. The van der Waals surface area contributed by atoms with Gasteiger partial charge in [-0.1, -0.05) is 6.92 Å². The van der Waals surface area contributed by atoms with Gasteiger partial charge in [0.15, 0.2) is 0 Å². The topological polar surface area (TPSA) is 58.7 Å². The van der Waals surface area contributed by atoms with Crippen molar-refractivity contribution in [3.63, 3.8) is 0 Å². The minimum absolute atomic E-state index is 0.171. The highest BCUT2D eigenvalue weighted by Crippen LogP contribution is 2.33. The van der Waals surface area contributed by atoms with Gasteiger partial charge in [-0.25, -0.2) is 0 Å². The van der Waals surface area contributed by atoms with Crippen LogP contribution in [-0.2, 0) is 0 Å². The first kappa shape index (κ1) is 14.2. The van der Waals surface area contributed by atoms with Gasteiger partial charge in [0.25, 0.3) is 0 Å². The third-order valence-corrected chi connectivity index (χ3v) is 4.24. The van der Waals surface area contributed by atoms with Gasteiger partial charge in [0.1, 0.15) is 11.5 Å². The number of likely N-dealkylation sites (tertiary alicyclic amines) is 1. The number of phenols is 1. The van der Waals surface area contributed by atoms with Gasteiger partial charge in [-0.2, -0.15) is 0 Å². The molecule has 1 aliphatic heterocycles. The lowest BCUT2D eigenvalue weighted by atomic mass is 9.92. The Morgan fingerprint density at radius 1 is 1.47 bits per heavy atom. The van der Waals surface area contributed by atoms with Gasteiger partial charge in [-0.05, 0) is 37.5 Å². The minimum atomic E-state index is 0.171. The molecule has 0 aromatic heterocycles. The zero-order chi connectivity index (χ0) is 14.0. The lowest BCUT2D eigenvalue weighted by Crippen LogP contribution is -2.46. The summed E-state index contributed by atoms with van der Waals surface area (Å²) in [5.74, 6) is 1.60. The first-order chi connectivity index (χ1) is 9.02. The second kappa shape index (κ2) is 5.80. The monoisotopic (exact) mass is 264 g/mol. The standard InChI is InChI=1S/C15H24N2O2/c1-10-9-17(7-6-14(10)16)11(2)13-8-12(19-3)4-5-15(13)18/h4-5,8,10-11,14,18H,6-7,9,16H2,1-3H3. The molecule has 3 N–H and O–H groups in total. The van der Waals surface area contributed by atoms with Crippen LogP contribution in [0.15, 0.2) is 18.2 Å². The number of piperidine rings is 1. The lowest BCUT2D eigenvalue weighted by Gasteiger charge is -2.39. The van der Waals surface area contributed by atoms with E-state index in [0.29, 0.717) is 17.7 Å². The molecular formula is C15H24N2O2. The van der Waals surface area contributed by atoms with Crippen LogP contribution >= 0.6 is 0 Å². The molecule has 0 bridgehead atoms. The van der Waals surface area contributed by atoms with Gasteiger partial charge < -0.3 is 15.6 Å². The van der Waals surface area contributed by atoms with Crippen LogP contribution in [0.4, 0.5) is 0 Å². The smallest absolute Gasteiger partial charge is 0.120 e. The molecule has 4 nitrogen and oxygen atoms in total. The van der Waals surface area contributed by atoms with Gasteiger partial charge in [-0.3, -0.25) is 4.90 Å². The number of phenolic OH excluding ortho intramolecular Hbond substituents is 1. The van der Waals surface area contributed by atoms with Gasteiger partial charge in [0.2, 0.25) is 0 Å². The van der Waals surface area contributed by atoms with Gasteiger partial charge in [-0.15, -0.1) is 0 Å². The maximum absolute atomic E-state index is 10.0. The lowest BCUT2D eigenvalue weighted by molar-refractivity contribution is 0.122. The molecule has 3 atom stereocenters. The summed E-state index contributed by atoms with van der Waals surface area (Å²) in [6.45, 7) is 6.26.